The summed E-state index contributed by atoms with van der Waals surface area (Å²) in [5, 5.41) is 2.77. The molecule has 0 saturated carbocycles. The molecule has 2 atom stereocenters. The monoisotopic (exact) mass is 468 g/mol. The van der Waals surface area contributed by atoms with Crippen molar-refractivity contribution in [2.75, 3.05) is 6.54 Å². The van der Waals surface area contributed by atoms with Gasteiger partial charge in [0.05, 0.1) is 24.6 Å². The maximum absolute atomic E-state index is 13.2. The molecule has 1 unspecified atom stereocenters. The van der Waals surface area contributed by atoms with Gasteiger partial charge in [0, 0.05) is 25.2 Å². The van der Waals surface area contributed by atoms with Crippen LogP contribution in [0.2, 0.25) is 0 Å². The van der Waals surface area contributed by atoms with E-state index in [1.54, 1.807) is 25.4 Å². The molecule has 1 heterocycles. The molecule has 0 bridgehead atoms. The van der Waals surface area contributed by atoms with Crippen LogP contribution in [0, 0.1) is 5.82 Å². The van der Waals surface area contributed by atoms with Gasteiger partial charge in [0.2, 0.25) is 5.91 Å². The average molecular weight is 469 g/mol. The predicted molar refractivity (Wildman–Crippen MR) is 123 cm³/mol. The largest absolute Gasteiger partial charge is 0.489 e. The number of nitrogens with two attached hydrogens (primary N) is 1. The van der Waals surface area contributed by atoms with Gasteiger partial charge in [0.25, 0.3) is 0 Å². The fourth-order valence-electron chi connectivity index (χ4n) is 2.90. The van der Waals surface area contributed by atoms with Crippen molar-refractivity contribution >= 4 is 30.7 Å². The summed E-state index contributed by atoms with van der Waals surface area (Å²) in [5.41, 5.74) is 7.95. The quantitative estimate of drug-likeness (QED) is 0.504. The van der Waals surface area contributed by atoms with Crippen molar-refractivity contribution in [1.29, 1.82) is 0 Å². The van der Waals surface area contributed by atoms with Crippen molar-refractivity contribution in [2.24, 2.45) is 5.73 Å². The number of benzene rings is 2. The molecule has 1 aromatic heterocycles. The first-order valence-corrected chi connectivity index (χ1v) is 9.49. The van der Waals surface area contributed by atoms with Crippen molar-refractivity contribution in [1.82, 2.24) is 14.9 Å². The number of nitrogens with zero attached hydrogens (tertiary/aromatic N) is 2. The van der Waals surface area contributed by atoms with Crippen LogP contribution in [0.3, 0.4) is 0 Å². The molecule has 0 fully saturated rings. The molecule has 0 spiro atoms. The number of carbonyl (C=O) groups excluding carboxylic acids is 1. The first-order chi connectivity index (χ1) is 14.0. The number of carbonyl (C=O) groups is 1. The summed E-state index contributed by atoms with van der Waals surface area (Å²) in [7, 11) is 0. The number of hydrogen-bond donors (Lipinski definition) is 2. The number of hydrogen-bond acceptors (Lipinski definition) is 4. The number of ether oxygens (including phenoxy) is 1. The van der Waals surface area contributed by atoms with Crippen molar-refractivity contribution in [3.05, 3.63) is 84.2 Å². The third-order valence-electron chi connectivity index (χ3n) is 4.36. The van der Waals surface area contributed by atoms with E-state index in [2.05, 4.69) is 10.3 Å². The summed E-state index contributed by atoms with van der Waals surface area (Å²) in [4.78, 5) is 16.6. The summed E-state index contributed by atoms with van der Waals surface area (Å²) in [5.74, 6) is -0.232. The maximum Gasteiger partial charge on any atom is 0.237 e. The molecule has 31 heavy (non-hydrogen) atoms. The van der Waals surface area contributed by atoms with Crippen molar-refractivity contribution in [3.8, 4) is 5.75 Å². The highest BCUT2D eigenvalue weighted by Gasteiger charge is 2.16. The van der Waals surface area contributed by atoms with Gasteiger partial charge >= 0.3 is 0 Å². The first kappa shape index (κ1) is 26.4. The predicted octanol–water partition coefficient (Wildman–Crippen LogP) is 3.37. The Morgan fingerprint density at radius 2 is 1.94 bits per heavy atom. The van der Waals surface area contributed by atoms with E-state index in [-0.39, 0.29) is 49.2 Å². The van der Waals surface area contributed by atoms with Crippen LogP contribution < -0.4 is 15.8 Å². The van der Waals surface area contributed by atoms with Gasteiger partial charge in [-0.25, -0.2) is 9.37 Å². The Balaban J connectivity index is 0.00000240. The normalized spacial score (nSPS) is 12.1. The molecule has 3 aromatic rings. The summed E-state index contributed by atoms with van der Waals surface area (Å²) < 4.78 is 20.7. The van der Waals surface area contributed by atoms with E-state index in [4.69, 9.17) is 10.5 Å². The molecule has 3 rings (SSSR count). The Hall–Kier alpha value is -2.61. The van der Waals surface area contributed by atoms with Gasteiger partial charge in [-0.2, -0.15) is 0 Å². The van der Waals surface area contributed by atoms with Crippen molar-refractivity contribution in [2.45, 2.75) is 32.0 Å². The number of rotatable bonds is 9. The molecule has 0 radical (unpaired) electrons. The van der Waals surface area contributed by atoms with Crippen LogP contribution in [0.15, 0.2) is 67.1 Å². The molecule has 0 saturated heterocycles. The minimum Gasteiger partial charge on any atom is -0.489 e. The van der Waals surface area contributed by atoms with Crippen LogP contribution in [0.25, 0.3) is 0 Å². The van der Waals surface area contributed by atoms with E-state index in [0.717, 1.165) is 5.69 Å². The summed E-state index contributed by atoms with van der Waals surface area (Å²) in [6, 6.07) is 15.2. The van der Waals surface area contributed by atoms with E-state index in [0.29, 0.717) is 18.7 Å². The Kier molecular flexibility index (Phi) is 11.0. The first-order valence-electron chi connectivity index (χ1n) is 9.49. The Bertz CT molecular complexity index is 940. The van der Waals surface area contributed by atoms with E-state index in [1.165, 1.54) is 17.7 Å². The summed E-state index contributed by atoms with van der Waals surface area (Å²) in [6.07, 6.45) is 3.66. The molecular formula is C22H27Cl2FN4O2. The van der Waals surface area contributed by atoms with Crippen LogP contribution in [-0.2, 0) is 17.8 Å². The van der Waals surface area contributed by atoms with Gasteiger partial charge in [0.15, 0.2) is 0 Å². The fraction of sp³-hybridized carbons (Fsp3) is 0.273. The second-order valence-electron chi connectivity index (χ2n) is 6.96. The van der Waals surface area contributed by atoms with E-state index >= 15 is 0 Å². The minimum atomic E-state index is -0.712. The third-order valence-corrected chi connectivity index (χ3v) is 4.36. The number of amides is 1. The van der Waals surface area contributed by atoms with Gasteiger partial charge in [0.1, 0.15) is 17.7 Å². The molecule has 2 aromatic carbocycles. The molecule has 1 amide bonds. The van der Waals surface area contributed by atoms with E-state index in [1.807, 2.05) is 41.1 Å². The molecule has 0 aliphatic rings. The van der Waals surface area contributed by atoms with Crippen LogP contribution >= 0.6 is 24.8 Å². The Morgan fingerprint density at radius 3 is 2.65 bits per heavy atom. The van der Waals surface area contributed by atoms with Crippen LogP contribution in [-0.4, -0.2) is 34.1 Å². The molecule has 3 N–H and O–H groups in total. The average Bonchev–Trinajstić information content (AvgIpc) is 3.13. The molecule has 0 aliphatic heterocycles. The van der Waals surface area contributed by atoms with Gasteiger partial charge in [-0.15, -0.1) is 24.8 Å². The van der Waals surface area contributed by atoms with Crippen LogP contribution in [0.4, 0.5) is 4.39 Å². The highest BCUT2D eigenvalue weighted by atomic mass is 35.5. The standard InChI is InChI=1S/C22H25FN4O2.2ClH/c1-16(29-20-9-5-8-18(23)10-20)12-25-22(28)21(24)11-19-14-27(15-26-19)13-17-6-3-2-4-7-17;;/h2-10,14-16,21H,11-13,24H2,1H3,(H,25,28);2*1H/t16?,21-;;/m0../s1. The molecule has 9 heteroatoms. The number of aromatic nitrogens is 2. The van der Waals surface area contributed by atoms with Gasteiger partial charge in [-0.1, -0.05) is 36.4 Å². The molecular weight excluding hydrogens is 442 g/mol. The highest BCUT2D eigenvalue weighted by molar-refractivity contribution is 5.85. The van der Waals surface area contributed by atoms with Crippen molar-refractivity contribution < 1.29 is 13.9 Å². The zero-order valence-corrected chi connectivity index (χ0v) is 18.7. The topological polar surface area (TPSA) is 82.2 Å². The molecule has 168 valence electrons. The summed E-state index contributed by atoms with van der Waals surface area (Å²) >= 11 is 0. The zero-order valence-electron chi connectivity index (χ0n) is 17.1. The lowest BCUT2D eigenvalue weighted by Gasteiger charge is -2.17. The Morgan fingerprint density at radius 1 is 1.19 bits per heavy atom. The lowest BCUT2D eigenvalue weighted by molar-refractivity contribution is -0.122. The van der Waals surface area contributed by atoms with Gasteiger partial charge in [-0.05, 0) is 24.6 Å². The summed E-state index contributed by atoms with van der Waals surface area (Å²) in [6.45, 7) is 2.78. The SMILES string of the molecule is CC(CNC(=O)[C@@H](N)Cc1cn(Cc2ccccc2)cn1)Oc1cccc(F)c1.Cl.Cl. The second kappa shape index (κ2) is 12.9. The second-order valence-corrected chi connectivity index (χ2v) is 6.96. The van der Waals surface area contributed by atoms with Crippen LogP contribution in [0.5, 0.6) is 5.75 Å². The lowest BCUT2D eigenvalue weighted by atomic mass is 10.1. The number of imidazole rings is 1. The maximum atomic E-state index is 13.2. The van der Waals surface area contributed by atoms with E-state index < -0.39 is 6.04 Å². The zero-order chi connectivity index (χ0) is 20.6. The lowest BCUT2D eigenvalue weighted by Crippen LogP contribution is -2.45. The van der Waals surface area contributed by atoms with Crippen LogP contribution in [0.1, 0.15) is 18.2 Å². The molecule has 0 aliphatic carbocycles. The third kappa shape index (κ3) is 8.57. The minimum absolute atomic E-state index is 0. The van der Waals surface area contributed by atoms with Crippen molar-refractivity contribution in [3.63, 3.8) is 0 Å². The van der Waals surface area contributed by atoms with Gasteiger partial charge < -0.3 is 20.4 Å². The van der Waals surface area contributed by atoms with E-state index in [9.17, 15) is 9.18 Å². The molecule has 6 nitrogen and oxygen atoms in total. The van der Waals surface area contributed by atoms with Gasteiger partial charge in [-0.3, -0.25) is 4.79 Å². The highest BCUT2D eigenvalue weighted by Crippen LogP contribution is 2.13. The number of nitrogens with one attached hydrogen (secondary N) is 1. The Labute approximate surface area is 193 Å². The smallest absolute Gasteiger partial charge is 0.237 e. The fourth-order valence-corrected chi connectivity index (χ4v) is 2.90. The number of halogens is 3.